The van der Waals surface area contributed by atoms with Crippen molar-refractivity contribution in [1.82, 2.24) is 0 Å². The van der Waals surface area contributed by atoms with Crippen molar-refractivity contribution in [2.45, 2.75) is 6.54 Å². The molecule has 1 nitrogen and oxygen atoms in total. The third kappa shape index (κ3) is 3.46. The molecule has 0 heterocycles. The normalized spacial score (nSPS) is 10.4. The molecule has 0 spiro atoms. The molecule has 2 rings (SSSR count). The Balaban J connectivity index is 2.13. The lowest BCUT2D eigenvalue weighted by atomic mass is 10.2. The Labute approximate surface area is 127 Å². The smallest absolute Gasteiger partial charge is 0.123 e. The minimum atomic E-state index is -0.286. The highest BCUT2D eigenvalue weighted by Crippen LogP contribution is 2.27. The van der Waals surface area contributed by atoms with Crippen LogP contribution in [0.25, 0.3) is 0 Å². The maximum Gasteiger partial charge on any atom is 0.123 e. The van der Waals surface area contributed by atoms with E-state index in [9.17, 15) is 4.39 Å². The van der Waals surface area contributed by atoms with E-state index in [1.165, 1.54) is 12.1 Å². The molecule has 0 radical (unpaired) electrons. The number of anilines is 1. The van der Waals surface area contributed by atoms with E-state index in [4.69, 9.17) is 11.6 Å². The fraction of sp³-hybridized carbons (Fsp3) is 0.0769. The van der Waals surface area contributed by atoms with Gasteiger partial charge in [0.15, 0.2) is 0 Å². The number of nitrogens with one attached hydrogen (secondary N) is 1. The van der Waals surface area contributed by atoms with Crippen molar-refractivity contribution in [3.63, 3.8) is 0 Å². The lowest BCUT2D eigenvalue weighted by Crippen LogP contribution is -2.01. The molecule has 2 aromatic carbocycles. The highest BCUT2D eigenvalue weighted by molar-refractivity contribution is 9.11. The SMILES string of the molecule is Fc1ccc(Cl)c(CNc2ccc(Br)cc2Br)c1. The number of hydrogen-bond acceptors (Lipinski definition) is 1. The largest absolute Gasteiger partial charge is 0.380 e. The molecule has 0 amide bonds. The van der Waals surface area contributed by atoms with Crippen LogP contribution in [0.4, 0.5) is 10.1 Å². The van der Waals surface area contributed by atoms with E-state index in [1.807, 2.05) is 18.2 Å². The summed E-state index contributed by atoms with van der Waals surface area (Å²) in [6, 6.07) is 10.1. The van der Waals surface area contributed by atoms with Crippen molar-refractivity contribution in [3.05, 3.63) is 61.7 Å². The molecule has 0 unspecified atom stereocenters. The van der Waals surface area contributed by atoms with Crippen LogP contribution in [-0.2, 0) is 6.54 Å². The van der Waals surface area contributed by atoms with E-state index >= 15 is 0 Å². The number of halogens is 4. The fourth-order valence-electron chi connectivity index (χ4n) is 1.50. The second-order valence-corrected chi connectivity index (χ2v) is 5.89. The predicted molar refractivity (Wildman–Crippen MR) is 80.6 cm³/mol. The van der Waals surface area contributed by atoms with Gasteiger partial charge >= 0.3 is 0 Å². The Kier molecular flexibility index (Phi) is 4.65. The van der Waals surface area contributed by atoms with Gasteiger partial charge in [-0.2, -0.15) is 0 Å². The zero-order chi connectivity index (χ0) is 13.1. The second-order valence-electron chi connectivity index (χ2n) is 3.71. The molecule has 0 aliphatic rings. The Bertz CT molecular complexity index is 575. The van der Waals surface area contributed by atoms with Crippen LogP contribution in [0, 0.1) is 5.82 Å². The summed E-state index contributed by atoms with van der Waals surface area (Å²) in [4.78, 5) is 0. The summed E-state index contributed by atoms with van der Waals surface area (Å²) >= 11 is 12.8. The third-order valence-corrected chi connectivity index (χ3v) is 3.93. The van der Waals surface area contributed by atoms with Crippen molar-refractivity contribution < 1.29 is 4.39 Å². The van der Waals surface area contributed by atoms with E-state index in [2.05, 4.69) is 37.2 Å². The van der Waals surface area contributed by atoms with Crippen molar-refractivity contribution >= 4 is 49.1 Å². The molecule has 0 saturated heterocycles. The van der Waals surface area contributed by atoms with E-state index in [0.717, 1.165) is 20.2 Å². The number of benzene rings is 2. The molecule has 18 heavy (non-hydrogen) atoms. The van der Waals surface area contributed by atoms with Crippen LogP contribution in [0.2, 0.25) is 5.02 Å². The molecule has 0 fully saturated rings. The molecular weight excluding hydrogens is 384 g/mol. The van der Waals surface area contributed by atoms with Crippen LogP contribution in [0.5, 0.6) is 0 Å². The predicted octanol–water partition coefficient (Wildman–Crippen LogP) is 5.62. The molecule has 0 atom stereocenters. The monoisotopic (exact) mass is 391 g/mol. The second kappa shape index (κ2) is 6.04. The zero-order valence-electron chi connectivity index (χ0n) is 9.18. The molecule has 0 aliphatic heterocycles. The van der Waals surface area contributed by atoms with Gasteiger partial charge in [0.1, 0.15) is 5.82 Å². The van der Waals surface area contributed by atoms with Crippen molar-refractivity contribution in [1.29, 1.82) is 0 Å². The van der Waals surface area contributed by atoms with Gasteiger partial charge in [-0.25, -0.2) is 4.39 Å². The van der Waals surface area contributed by atoms with Crippen LogP contribution < -0.4 is 5.32 Å². The zero-order valence-corrected chi connectivity index (χ0v) is 13.1. The van der Waals surface area contributed by atoms with Gasteiger partial charge in [-0.1, -0.05) is 27.5 Å². The summed E-state index contributed by atoms with van der Waals surface area (Å²) in [5.41, 5.74) is 1.66. The minimum absolute atomic E-state index is 0.286. The van der Waals surface area contributed by atoms with Crippen LogP contribution in [0.3, 0.4) is 0 Å². The van der Waals surface area contributed by atoms with E-state index in [0.29, 0.717) is 11.6 Å². The Hall–Kier alpha value is -0.580. The van der Waals surface area contributed by atoms with Crippen LogP contribution >= 0.6 is 43.5 Å². The summed E-state index contributed by atoms with van der Waals surface area (Å²) in [5.74, 6) is -0.286. The third-order valence-electron chi connectivity index (χ3n) is 2.41. The summed E-state index contributed by atoms with van der Waals surface area (Å²) in [5, 5.41) is 3.76. The van der Waals surface area contributed by atoms with E-state index < -0.39 is 0 Å². The maximum atomic E-state index is 13.1. The standard InChI is InChI=1S/C13H9Br2ClFN/c14-9-1-4-13(11(15)6-9)18-7-8-5-10(17)2-3-12(8)16/h1-6,18H,7H2. The quantitative estimate of drug-likeness (QED) is 0.714. The average Bonchev–Trinajstić information content (AvgIpc) is 2.32. The molecule has 5 heteroatoms. The first-order valence-corrected chi connectivity index (χ1v) is 7.15. The Morgan fingerprint density at radius 2 is 1.89 bits per heavy atom. The number of rotatable bonds is 3. The Morgan fingerprint density at radius 3 is 2.61 bits per heavy atom. The van der Waals surface area contributed by atoms with Gasteiger partial charge in [-0.3, -0.25) is 0 Å². The van der Waals surface area contributed by atoms with Gasteiger partial charge in [0.05, 0.1) is 0 Å². The van der Waals surface area contributed by atoms with Crippen molar-refractivity contribution in [2.75, 3.05) is 5.32 Å². The average molecular weight is 393 g/mol. The summed E-state index contributed by atoms with van der Waals surface area (Å²) in [6.07, 6.45) is 0. The van der Waals surface area contributed by atoms with Crippen molar-refractivity contribution in [2.24, 2.45) is 0 Å². The van der Waals surface area contributed by atoms with Crippen LogP contribution in [0.15, 0.2) is 45.3 Å². The molecular formula is C13H9Br2ClFN. The van der Waals surface area contributed by atoms with E-state index in [1.54, 1.807) is 6.07 Å². The highest BCUT2D eigenvalue weighted by Gasteiger charge is 2.04. The summed E-state index contributed by atoms with van der Waals surface area (Å²) in [7, 11) is 0. The Morgan fingerprint density at radius 1 is 1.11 bits per heavy atom. The number of hydrogen-bond donors (Lipinski definition) is 1. The van der Waals surface area contributed by atoms with Gasteiger partial charge in [-0.15, -0.1) is 0 Å². The molecule has 1 N–H and O–H groups in total. The molecule has 0 aliphatic carbocycles. The summed E-state index contributed by atoms with van der Waals surface area (Å²) < 4.78 is 15.0. The lowest BCUT2D eigenvalue weighted by molar-refractivity contribution is 0.626. The molecule has 94 valence electrons. The first-order valence-electron chi connectivity index (χ1n) is 5.19. The lowest BCUT2D eigenvalue weighted by Gasteiger charge is -2.10. The molecule has 0 saturated carbocycles. The first-order chi connectivity index (χ1) is 8.56. The first kappa shape index (κ1) is 13.8. The molecule has 0 aromatic heterocycles. The van der Waals surface area contributed by atoms with Crippen LogP contribution in [-0.4, -0.2) is 0 Å². The molecule has 0 bridgehead atoms. The minimum Gasteiger partial charge on any atom is -0.380 e. The molecule has 2 aromatic rings. The van der Waals surface area contributed by atoms with Crippen LogP contribution in [0.1, 0.15) is 5.56 Å². The highest BCUT2D eigenvalue weighted by atomic mass is 79.9. The van der Waals surface area contributed by atoms with Gasteiger partial charge in [0.2, 0.25) is 0 Å². The van der Waals surface area contributed by atoms with Gasteiger partial charge in [0, 0.05) is 26.2 Å². The summed E-state index contributed by atoms with van der Waals surface area (Å²) in [6.45, 7) is 0.469. The maximum absolute atomic E-state index is 13.1. The van der Waals surface area contributed by atoms with Gasteiger partial charge in [0.25, 0.3) is 0 Å². The van der Waals surface area contributed by atoms with Gasteiger partial charge < -0.3 is 5.32 Å². The topological polar surface area (TPSA) is 12.0 Å². The van der Waals surface area contributed by atoms with Gasteiger partial charge in [-0.05, 0) is 57.9 Å². The van der Waals surface area contributed by atoms with E-state index in [-0.39, 0.29) is 5.82 Å². The fourth-order valence-corrected chi connectivity index (χ4v) is 2.87. The van der Waals surface area contributed by atoms with Crippen molar-refractivity contribution in [3.8, 4) is 0 Å².